The Kier molecular flexibility index (Phi) is 7.07. The fourth-order valence-electron chi connectivity index (χ4n) is 3.09. The average Bonchev–Trinajstić information content (AvgIpc) is 3.18. The zero-order valence-electron chi connectivity index (χ0n) is 17.7. The van der Waals surface area contributed by atoms with Crippen LogP contribution < -0.4 is 10.6 Å². The second-order valence-corrected chi connectivity index (χ2v) is 9.75. The van der Waals surface area contributed by atoms with Crippen molar-refractivity contribution in [1.29, 1.82) is 5.26 Å². The van der Waals surface area contributed by atoms with Gasteiger partial charge in [0.15, 0.2) is 0 Å². The summed E-state index contributed by atoms with van der Waals surface area (Å²) in [6, 6.07) is 6.96. The molecular weight excluding hydrogens is 432 g/mol. The zero-order chi connectivity index (χ0) is 23.3. The molecule has 0 aliphatic rings. The number of aromatic nitrogens is 3. The van der Waals surface area contributed by atoms with Crippen LogP contribution in [-0.2, 0) is 9.84 Å². The third-order valence-corrected chi connectivity index (χ3v) is 5.72. The largest absolute Gasteiger partial charge is 0.394 e. The second kappa shape index (κ2) is 9.76. The molecule has 1 atom stereocenters. The van der Waals surface area contributed by atoms with Crippen molar-refractivity contribution in [3.05, 3.63) is 47.9 Å². The van der Waals surface area contributed by atoms with Crippen LogP contribution in [0.1, 0.15) is 29.3 Å². The van der Waals surface area contributed by atoms with Crippen LogP contribution in [-0.4, -0.2) is 65.2 Å². The number of anilines is 1. The summed E-state index contributed by atoms with van der Waals surface area (Å²) in [6.07, 6.45) is 6.12. The topological polar surface area (TPSA) is 150 Å². The maximum atomic E-state index is 12.7. The highest BCUT2D eigenvalue weighted by atomic mass is 32.2. The number of pyridine rings is 2. The molecule has 3 aromatic rings. The Labute approximate surface area is 185 Å². The molecule has 3 aromatic heterocycles. The van der Waals surface area contributed by atoms with Crippen molar-refractivity contribution in [1.82, 2.24) is 19.9 Å². The van der Waals surface area contributed by atoms with Crippen molar-refractivity contribution in [2.24, 2.45) is 0 Å². The van der Waals surface area contributed by atoms with Gasteiger partial charge in [-0.05, 0) is 25.5 Å². The number of hydrogen-bond acceptors (Lipinski definition) is 8. The van der Waals surface area contributed by atoms with Crippen molar-refractivity contribution < 1.29 is 18.3 Å². The van der Waals surface area contributed by atoms with Crippen LogP contribution in [0.5, 0.6) is 0 Å². The lowest BCUT2D eigenvalue weighted by molar-refractivity contribution is 0.0954. The maximum absolute atomic E-state index is 12.7. The van der Waals surface area contributed by atoms with Gasteiger partial charge < -0.3 is 15.7 Å². The molecular formula is C21H24N6O4S. The summed E-state index contributed by atoms with van der Waals surface area (Å²) >= 11 is 0. The van der Waals surface area contributed by atoms with Crippen LogP contribution in [0.3, 0.4) is 0 Å². The summed E-state index contributed by atoms with van der Waals surface area (Å²) in [4.78, 5) is 21.4. The number of fused-ring (bicyclic) bond motifs is 1. The molecule has 0 aliphatic carbocycles. The highest BCUT2D eigenvalue weighted by molar-refractivity contribution is 7.90. The normalized spacial score (nSPS) is 12.3. The smallest absolute Gasteiger partial charge is 0.254 e. The Morgan fingerprint density at radius 1 is 1.31 bits per heavy atom. The third-order valence-electron chi connectivity index (χ3n) is 4.69. The first-order valence-electron chi connectivity index (χ1n) is 9.93. The highest BCUT2D eigenvalue weighted by Gasteiger charge is 2.17. The number of carbonyl (C=O) groups excluding carboxylic acids is 1. The molecule has 11 heteroatoms. The van der Waals surface area contributed by atoms with Crippen LogP contribution >= 0.6 is 0 Å². The quantitative estimate of drug-likeness (QED) is 0.407. The van der Waals surface area contributed by atoms with Gasteiger partial charge in [-0.2, -0.15) is 5.26 Å². The van der Waals surface area contributed by atoms with E-state index in [4.69, 9.17) is 5.26 Å². The van der Waals surface area contributed by atoms with E-state index in [0.717, 1.165) is 11.6 Å². The lowest BCUT2D eigenvalue weighted by atomic mass is 10.2. The summed E-state index contributed by atoms with van der Waals surface area (Å²) in [5, 5.41) is 25.1. The number of sulfone groups is 1. The summed E-state index contributed by atoms with van der Waals surface area (Å²) < 4.78 is 24.2. The van der Waals surface area contributed by atoms with Crippen molar-refractivity contribution >= 4 is 32.5 Å². The monoisotopic (exact) mass is 456 g/mol. The van der Waals surface area contributed by atoms with Crippen LogP contribution in [0.15, 0.2) is 36.8 Å². The van der Waals surface area contributed by atoms with Crippen LogP contribution in [0.2, 0.25) is 0 Å². The number of hydrogen-bond donors (Lipinski definition) is 3. The van der Waals surface area contributed by atoms with E-state index in [2.05, 4.69) is 26.7 Å². The molecule has 0 saturated heterocycles. The summed E-state index contributed by atoms with van der Waals surface area (Å²) in [6.45, 7) is 1.83. The van der Waals surface area contributed by atoms with E-state index in [1.54, 1.807) is 29.8 Å². The lowest BCUT2D eigenvalue weighted by Crippen LogP contribution is -2.28. The van der Waals surface area contributed by atoms with Crippen molar-refractivity contribution in [2.75, 3.05) is 30.5 Å². The SMILES string of the molecule is C[C@@H](CO)Nc1cc(-n2ccc3cc(C#N)cnc32)ncc1C(=O)NCCCS(C)(=O)=O. The summed E-state index contributed by atoms with van der Waals surface area (Å²) in [7, 11) is -3.10. The lowest BCUT2D eigenvalue weighted by Gasteiger charge is -2.17. The van der Waals surface area contributed by atoms with Crippen molar-refractivity contribution in [3.63, 3.8) is 0 Å². The number of nitriles is 1. The van der Waals surface area contributed by atoms with Gasteiger partial charge in [0, 0.05) is 48.9 Å². The molecule has 0 radical (unpaired) electrons. The molecule has 3 N–H and O–H groups in total. The van der Waals surface area contributed by atoms with Gasteiger partial charge in [0.25, 0.3) is 5.91 Å². The number of nitrogens with one attached hydrogen (secondary N) is 2. The van der Waals surface area contributed by atoms with Crippen LogP contribution in [0.25, 0.3) is 16.9 Å². The molecule has 3 rings (SSSR count). The standard InChI is InChI=1S/C21H24N6O4S/c1-14(13-28)26-18-9-19(27-6-4-16-8-15(10-22)11-25-20(16)27)24-12-17(18)21(29)23-5-3-7-32(2,30)31/h4,6,8-9,11-12,14,28H,3,5,7,13H2,1-2H3,(H,23,29)(H,24,26)/t14-/m0/s1. The molecule has 168 valence electrons. The number of nitrogens with zero attached hydrogens (tertiary/aromatic N) is 4. The minimum Gasteiger partial charge on any atom is -0.394 e. The van der Waals surface area contributed by atoms with Crippen molar-refractivity contribution in [2.45, 2.75) is 19.4 Å². The highest BCUT2D eigenvalue weighted by Crippen LogP contribution is 2.23. The molecule has 0 unspecified atom stereocenters. The Balaban J connectivity index is 1.90. The predicted octanol–water partition coefficient (Wildman–Crippen LogP) is 1.25. The number of rotatable bonds is 9. The summed E-state index contributed by atoms with van der Waals surface area (Å²) in [5.74, 6) is 0.0797. The van der Waals surface area contributed by atoms with Gasteiger partial charge in [-0.15, -0.1) is 0 Å². The minimum absolute atomic E-state index is 0.0155. The first-order valence-corrected chi connectivity index (χ1v) is 12.0. The molecule has 32 heavy (non-hydrogen) atoms. The molecule has 0 aromatic carbocycles. The first kappa shape index (κ1) is 23.2. The number of aliphatic hydroxyl groups excluding tert-OH is 1. The van der Waals surface area contributed by atoms with Gasteiger partial charge >= 0.3 is 0 Å². The Bertz CT molecular complexity index is 1280. The van der Waals surface area contributed by atoms with E-state index in [1.807, 2.05) is 6.07 Å². The molecule has 0 saturated carbocycles. The van der Waals surface area contributed by atoms with Gasteiger partial charge in [-0.25, -0.2) is 18.4 Å². The number of aliphatic hydroxyl groups is 1. The van der Waals surface area contributed by atoms with E-state index in [-0.39, 0.29) is 30.5 Å². The molecule has 0 fully saturated rings. The molecule has 3 heterocycles. The molecule has 0 spiro atoms. The second-order valence-electron chi connectivity index (χ2n) is 7.49. The van der Waals surface area contributed by atoms with E-state index < -0.39 is 15.7 Å². The van der Waals surface area contributed by atoms with Gasteiger partial charge in [-0.3, -0.25) is 9.36 Å². The molecule has 10 nitrogen and oxygen atoms in total. The number of carbonyl (C=O) groups is 1. The Hall–Kier alpha value is -3.49. The fraction of sp³-hybridized carbons (Fsp3) is 0.333. The Morgan fingerprint density at radius 3 is 2.78 bits per heavy atom. The summed E-state index contributed by atoms with van der Waals surface area (Å²) in [5.41, 5.74) is 1.79. The van der Waals surface area contributed by atoms with Gasteiger partial charge in [0.1, 0.15) is 27.4 Å². The van der Waals surface area contributed by atoms with Crippen LogP contribution in [0, 0.1) is 11.3 Å². The fourth-order valence-corrected chi connectivity index (χ4v) is 3.76. The Morgan fingerprint density at radius 2 is 2.09 bits per heavy atom. The van der Waals surface area contributed by atoms with E-state index in [1.165, 1.54) is 12.4 Å². The van der Waals surface area contributed by atoms with E-state index >= 15 is 0 Å². The minimum atomic E-state index is -3.10. The maximum Gasteiger partial charge on any atom is 0.254 e. The molecule has 0 aliphatic heterocycles. The molecule has 0 bridgehead atoms. The van der Waals surface area contributed by atoms with E-state index in [0.29, 0.717) is 29.1 Å². The van der Waals surface area contributed by atoms with Gasteiger partial charge in [0.05, 0.1) is 29.2 Å². The van der Waals surface area contributed by atoms with Crippen molar-refractivity contribution in [3.8, 4) is 11.9 Å². The van der Waals surface area contributed by atoms with E-state index in [9.17, 15) is 18.3 Å². The number of amides is 1. The first-order chi connectivity index (χ1) is 15.2. The predicted molar refractivity (Wildman–Crippen MR) is 120 cm³/mol. The molecule has 1 amide bonds. The van der Waals surface area contributed by atoms with Gasteiger partial charge in [0.2, 0.25) is 0 Å². The average molecular weight is 457 g/mol. The van der Waals surface area contributed by atoms with Gasteiger partial charge in [-0.1, -0.05) is 0 Å². The zero-order valence-corrected chi connectivity index (χ0v) is 18.6. The third kappa shape index (κ3) is 5.60. The van der Waals surface area contributed by atoms with Crippen LogP contribution in [0.4, 0.5) is 5.69 Å².